The van der Waals surface area contributed by atoms with Gasteiger partial charge in [-0.3, -0.25) is 0 Å². The first-order valence-electron chi connectivity index (χ1n) is 5.36. The zero-order valence-electron chi connectivity index (χ0n) is 9.68. The van der Waals surface area contributed by atoms with Gasteiger partial charge in [0.15, 0.2) is 0 Å². The molecular weight excluding hydrogens is 286 g/mol. The first-order chi connectivity index (χ1) is 9.16. The summed E-state index contributed by atoms with van der Waals surface area (Å²) in [5, 5.41) is 0.677. The van der Waals surface area contributed by atoms with Gasteiger partial charge in [0.05, 0.1) is 10.6 Å². The molecule has 0 spiro atoms. The predicted molar refractivity (Wildman–Crippen MR) is 74.7 cm³/mol. The van der Waals surface area contributed by atoms with E-state index in [4.69, 9.17) is 32.5 Å². The number of halogens is 2. The van der Waals surface area contributed by atoms with Crippen LogP contribution in [0.15, 0.2) is 48.5 Å². The molecule has 95 valence electrons. The fourth-order valence-corrected chi connectivity index (χ4v) is 1.83. The molecule has 3 nitrogen and oxygen atoms in total. The lowest BCUT2D eigenvalue weighted by Gasteiger charge is -2.06. The molecule has 2 aromatic carbocycles. The lowest BCUT2D eigenvalue weighted by molar-refractivity contribution is 0.0722. The lowest BCUT2D eigenvalue weighted by atomic mass is 10.2. The topological polar surface area (TPSA) is 35.5 Å². The molecule has 2 aromatic rings. The highest BCUT2D eigenvalue weighted by atomic mass is 35.5. The Kier molecular flexibility index (Phi) is 4.71. The maximum absolute atomic E-state index is 11.7. The quantitative estimate of drug-likeness (QED) is 0.805. The van der Waals surface area contributed by atoms with E-state index >= 15 is 0 Å². The van der Waals surface area contributed by atoms with Crippen LogP contribution in [-0.4, -0.2) is 13.7 Å². The van der Waals surface area contributed by atoms with E-state index in [-0.39, 0.29) is 10.6 Å². The van der Waals surface area contributed by atoms with Gasteiger partial charge in [0.1, 0.15) is 5.75 Å². The van der Waals surface area contributed by atoms with E-state index in [1.54, 1.807) is 30.3 Å². The van der Waals surface area contributed by atoms with Crippen LogP contribution < -0.4 is 4.65 Å². The Bertz CT molecular complexity index is 575. The molecule has 0 aromatic heterocycles. The summed E-state index contributed by atoms with van der Waals surface area (Å²) in [4.78, 5) is 11.7. The largest absolute Gasteiger partial charge is 0.660 e. The van der Waals surface area contributed by atoms with Gasteiger partial charge in [-0.15, -0.1) is 0 Å². The van der Waals surface area contributed by atoms with Crippen molar-refractivity contribution < 1.29 is 14.1 Å². The Balaban J connectivity index is 1.91. The summed E-state index contributed by atoms with van der Waals surface area (Å²) in [7, 11) is 0.961. The second-order valence-electron chi connectivity index (χ2n) is 3.56. The Morgan fingerprint density at radius 2 is 1.79 bits per heavy atom. The van der Waals surface area contributed by atoms with Crippen LogP contribution in [0.4, 0.5) is 0 Å². The molecule has 0 aliphatic heterocycles. The molecule has 19 heavy (non-hydrogen) atoms. The second kappa shape index (κ2) is 6.50. The van der Waals surface area contributed by atoms with Gasteiger partial charge >= 0.3 is 13.7 Å². The molecule has 0 unspecified atom stereocenters. The highest BCUT2D eigenvalue weighted by molar-refractivity contribution is 6.37. The maximum Gasteiger partial charge on any atom is 0.660 e. The number of carbonyl (C=O) groups is 1. The van der Waals surface area contributed by atoms with Gasteiger partial charge in [0.2, 0.25) is 0 Å². The molecule has 0 atom stereocenters. The number of hydrogen-bond acceptors (Lipinski definition) is 3. The van der Waals surface area contributed by atoms with Gasteiger partial charge in [-0.2, -0.15) is 0 Å². The Morgan fingerprint density at radius 3 is 2.47 bits per heavy atom. The fourth-order valence-electron chi connectivity index (χ4n) is 1.34. The van der Waals surface area contributed by atoms with Crippen molar-refractivity contribution in [1.82, 2.24) is 0 Å². The first-order valence-corrected chi connectivity index (χ1v) is 6.12. The molecule has 0 saturated heterocycles. The Hall–Kier alpha value is -1.65. The summed E-state index contributed by atoms with van der Waals surface area (Å²) in [6, 6.07) is 13.5. The minimum atomic E-state index is -0.613. The summed E-state index contributed by atoms with van der Waals surface area (Å²) in [5.74, 6) is -0.0462. The lowest BCUT2D eigenvalue weighted by Crippen LogP contribution is -2.14. The molecule has 0 fully saturated rings. The van der Waals surface area contributed by atoms with Crippen molar-refractivity contribution in [3.63, 3.8) is 0 Å². The van der Waals surface area contributed by atoms with Crippen molar-refractivity contribution in [3.8, 4) is 5.75 Å². The maximum atomic E-state index is 11.7. The van der Waals surface area contributed by atoms with Crippen molar-refractivity contribution in [2.45, 2.75) is 0 Å². The van der Waals surface area contributed by atoms with E-state index in [0.717, 1.165) is 7.69 Å². The summed E-state index contributed by atoms with van der Waals surface area (Å²) in [6.07, 6.45) is 0. The van der Waals surface area contributed by atoms with Crippen LogP contribution in [0.3, 0.4) is 0 Å². The minimum Gasteiger partial charge on any atom is -0.526 e. The predicted octanol–water partition coefficient (Wildman–Crippen LogP) is 3.76. The van der Waals surface area contributed by atoms with Gasteiger partial charge in [0, 0.05) is 5.02 Å². The number of benzene rings is 2. The third kappa shape index (κ3) is 3.91. The molecule has 2 rings (SSSR count). The van der Waals surface area contributed by atoms with Crippen molar-refractivity contribution in [3.05, 3.63) is 64.1 Å². The smallest absolute Gasteiger partial charge is 0.526 e. The summed E-state index contributed by atoms with van der Waals surface area (Å²) >= 11 is 11.6. The Labute approximate surface area is 121 Å². The van der Waals surface area contributed by atoms with Gasteiger partial charge in [0.25, 0.3) is 0 Å². The van der Waals surface area contributed by atoms with Crippen molar-refractivity contribution in [2.75, 3.05) is 0 Å². The van der Waals surface area contributed by atoms with E-state index in [1.165, 1.54) is 12.1 Å². The molecule has 0 amide bonds. The molecule has 1 radical (unpaired) electrons. The average Bonchev–Trinajstić information content (AvgIpc) is 2.39. The highest BCUT2D eigenvalue weighted by Gasteiger charge is 2.14. The number of para-hydroxylation sites is 1. The van der Waals surface area contributed by atoms with E-state index < -0.39 is 5.97 Å². The van der Waals surface area contributed by atoms with Crippen molar-refractivity contribution in [2.24, 2.45) is 0 Å². The van der Waals surface area contributed by atoms with Crippen molar-refractivity contribution >= 4 is 36.9 Å². The van der Waals surface area contributed by atoms with Gasteiger partial charge in [-0.05, 0) is 30.3 Å². The molecule has 6 heteroatoms. The van der Waals surface area contributed by atoms with Crippen LogP contribution in [0, 0.1) is 0 Å². The Morgan fingerprint density at radius 1 is 1.05 bits per heavy atom. The minimum absolute atomic E-state index is 0.221. The van der Waals surface area contributed by atoms with Crippen LogP contribution in [0.1, 0.15) is 10.4 Å². The SMILES string of the molecule is O=C(O[B]Oc1ccccc1)c1ccc(Cl)cc1Cl. The number of carbonyl (C=O) groups excluding carboxylic acids is 1. The molecule has 0 N–H and O–H groups in total. The van der Waals surface area contributed by atoms with E-state index in [1.807, 2.05) is 6.07 Å². The van der Waals surface area contributed by atoms with Gasteiger partial charge in [-0.25, -0.2) is 4.79 Å². The average molecular weight is 294 g/mol. The van der Waals surface area contributed by atoms with E-state index in [0.29, 0.717) is 10.8 Å². The third-order valence-electron chi connectivity index (χ3n) is 2.23. The highest BCUT2D eigenvalue weighted by Crippen LogP contribution is 2.21. The molecule has 0 bridgehead atoms. The van der Waals surface area contributed by atoms with E-state index in [9.17, 15) is 4.79 Å². The molecule has 0 aliphatic carbocycles. The normalized spacial score (nSPS) is 9.79. The van der Waals surface area contributed by atoms with Crippen LogP contribution in [0.2, 0.25) is 10.0 Å². The van der Waals surface area contributed by atoms with Crippen molar-refractivity contribution in [1.29, 1.82) is 0 Å². The first kappa shape index (κ1) is 13.8. The molecular formula is C13H8BCl2O3. The van der Waals surface area contributed by atoms with Crippen LogP contribution in [0.5, 0.6) is 5.75 Å². The van der Waals surface area contributed by atoms with Crippen LogP contribution in [-0.2, 0) is 4.65 Å². The third-order valence-corrected chi connectivity index (χ3v) is 2.78. The van der Waals surface area contributed by atoms with Crippen LogP contribution >= 0.6 is 23.2 Å². The fraction of sp³-hybridized carbons (Fsp3) is 0. The molecule has 0 aliphatic rings. The zero-order valence-corrected chi connectivity index (χ0v) is 11.2. The molecule has 0 heterocycles. The zero-order chi connectivity index (χ0) is 13.7. The van der Waals surface area contributed by atoms with Gasteiger partial charge in [-0.1, -0.05) is 41.4 Å². The molecule has 0 saturated carbocycles. The van der Waals surface area contributed by atoms with Crippen LogP contribution in [0.25, 0.3) is 0 Å². The summed E-state index contributed by atoms with van der Waals surface area (Å²) in [5.41, 5.74) is 0.221. The number of rotatable bonds is 4. The monoisotopic (exact) mass is 293 g/mol. The summed E-state index contributed by atoms with van der Waals surface area (Å²) in [6.45, 7) is 0. The van der Waals surface area contributed by atoms with E-state index in [2.05, 4.69) is 0 Å². The summed E-state index contributed by atoms with van der Waals surface area (Å²) < 4.78 is 9.96. The second-order valence-corrected chi connectivity index (χ2v) is 4.40. The number of hydrogen-bond donors (Lipinski definition) is 0. The standard InChI is InChI=1S/C13H8BCl2O3/c15-9-6-7-11(12(16)8-9)13(17)19-14-18-10-4-2-1-3-5-10/h1-8H. The van der Waals surface area contributed by atoms with Gasteiger partial charge < -0.3 is 9.31 Å².